The fourth-order valence-electron chi connectivity index (χ4n) is 4.12. The molecule has 31 heavy (non-hydrogen) atoms. The van der Waals surface area contributed by atoms with E-state index >= 15 is 0 Å². The van der Waals surface area contributed by atoms with Crippen LogP contribution in [0.5, 0.6) is 0 Å². The minimum absolute atomic E-state index is 0.0225. The lowest BCUT2D eigenvalue weighted by molar-refractivity contribution is -0.130. The summed E-state index contributed by atoms with van der Waals surface area (Å²) in [4.78, 5) is 40.7. The molecule has 0 saturated carbocycles. The highest BCUT2D eigenvalue weighted by molar-refractivity contribution is 5.97. The Morgan fingerprint density at radius 1 is 0.968 bits per heavy atom. The number of anilines is 2. The van der Waals surface area contributed by atoms with Crippen LogP contribution in [-0.4, -0.2) is 42.3 Å². The van der Waals surface area contributed by atoms with Crippen molar-refractivity contribution in [1.29, 1.82) is 0 Å². The molecule has 2 saturated heterocycles. The molecule has 160 valence electrons. The van der Waals surface area contributed by atoms with E-state index in [0.717, 1.165) is 24.2 Å². The van der Waals surface area contributed by atoms with E-state index in [0.29, 0.717) is 38.0 Å². The molecule has 0 spiro atoms. The molecule has 1 N–H and O–H groups in total. The van der Waals surface area contributed by atoms with Crippen molar-refractivity contribution in [3.8, 4) is 0 Å². The number of benzene rings is 2. The monoisotopic (exact) mass is 417 g/mol. The van der Waals surface area contributed by atoms with E-state index in [1.807, 2.05) is 60.7 Å². The summed E-state index contributed by atoms with van der Waals surface area (Å²) in [5.74, 6) is -0.0522. The minimum Gasteiger partial charge on any atom is -0.339 e. The predicted octanol–water partition coefficient (Wildman–Crippen LogP) is 3.70. The first-order valence-electron chi connectivity index (χ1n) is 10.8. The molecule has 0 atom stereocenters. The van der Waals surface area contributed by atoms with Crippen LogP contribution >= 0.6 is 0 Å². The number of nitrogens with zero attached hydrogens (tertiary/aromatic N) is 2. The predicted molar refractivity (Wildman–Crippen MR) is 121 cm³/mol. The fraction of sp³-hybridized carbons (Fsp3) is 0.320. The van der Waals surface area contributed by atoms with Crippen molar-refractivity contribution in [2.45, 2.75) is 25.7 Å². The van der Waals surface area contributed by atoms with Crippen molar-refractivity contribution >= 4 is 35.2 Å². The van der Waals surface area contributed by atoms with Crippen molar-refractivity contribution in [3.05, 3.63) is 66.2 Å². The number of hydrogen-bond acceptors (Lipinski definition) is 3. The summed E-state index contributed by atoms with van der Waals surface area (Å²) in [5, 5.41) is 2.99. The molecular formula is C25H27N3O3. The molecule has 0 radical (unpaired) electrons. The lowest BCUT2D eigenvalue weighted by Gasteiger charge is -2.30. The van der Waals surface area contributed by atoms with Crippen LogP contribution in [0.2, 0.25) is 0 Å². The number of carbonyl (C=O) groups is 3. The van der Waals surface area contributed by atoms with Crippen LogP contribution in [0.1, 0.15) is 31.2 Å². The maximum atomic E-state index is 12.7. The quantitative estimate of drug-likeness (QED) is 0.754. The molecule has 0 aromatic heterocycles. The zero-order valence-corrected chi connectivity index (χ0v) is 17.5. The van der Waals surface area contributed by atoms with Crippen molar-refractivity contribution in [2.75, 3.05) is 29.9 Å². The maximum Gasteiger partial charge on any atom is 0.246 e. The number of likely N-dealkylation sites (tertiary alicyclic amines) is 1. The lowest BCUT2D eigenvalue weighted by atomic mass is 9.95. The SMILES string of the molecule is O=C(Nc1cccc(N2CCCC2=O)c1)C1CCN(C(=O)C=Cc2ccccc2)CC1. The Hall–Kier alpha value is -3.41. The molecule has 0 aliphatic carbocycles. The summed E-state index contributed by atoms with van der Waals surface area (Å²) >= 11 is 0. The molecule has 6 nitrogen and oxygen atoms in total. The first-order valence-corrected chi connectivity index (χ1v) is 10.8. The second-order valence-corrected chi connectivity index (χ2v) is 8.03. The van der Waals surface area contributed by atoms with Crippen LogP contribution in [0.3, 0.4) is 0 Å². The second-order valence-electron chi connectivity index (χ2n) is 8.03. The highest BCUT2D eigenvalue weighted by Gasteiger charge is 2.27. The van der Waals surface area contributed by atoms with E-state index in [2.05, 4.69) is 5.32 Å². The van der Waals surface area contributed by atoms with Gasteiger partial charge in [-0.05, 0) is 49.1 Å². The molecule has 0 bridgehead atoms. The van der Waals surface area contributed by atoms with Gasteiger partial charge in [0.2, 0.25) is 17.7 Å². The van der Waals surface area contributed by atoms with Gasteiger partial charge in [-0.25, -0.2) is 0 Å². The Morgan fingerprint density at radius 3 is 2.45 bits per heavy atom. The van der Waals surface area contributed by atoms with Crippen molar-refractivity contribution in [3.63, 3.8) is 0 Å². The van der Waals surface area contributed by atoms with Gasteiger partial charge in [0.25, 0.3) is 0 Å². The number of carbonyl (C=O) groups excluding carboxylic acids is 3. The smallest absolute Gasteiger partial charge is 0.246 e. The Bertz CT molecular complexity index is 979. The molecule has 2 aromatic carbocycles. The van der Waals surface area contributed by atoms with Crippen LogP contribution in [0, 0.1) is 5.92 Å². The highest BCUT2D eigenvalue weighted by Crippen LogP contribution is 2.25. The molecule has 2 aromatic rings. The molecule has 0 unspecified atom stereocenters. The largest absolute Gasteiger partial charge is 0.339 e. The molecule has 6 heteroatoms. The van der Waals surface area contributed by atoms with E-state index in [1.165, 1.54) is 0 Å². The third-order valence-electron chi connectivity index (χ3n) is 5.89. The third-order valence-corrected chi connectivity index (χ3v) is 5.89. The lowest BCUT2D eigenvalue weighted by Crippen LogP contribution is -2.40. The standard InChI is InChI=1S/C25H27N3O3/c29-23(12-11-19-6-2-1-3-7-19)27-16-13-20(14-17-27)25(31)26-21-8-4-9-22(18-21)28-15-5-10-24(28)30/h1-4,6-9,11-12,18,20H,5,10,13-17H2,(H,26,31). The number of nitrogens with one attached hydrogen (secondary N) is 1. The summed E-state index contributed by atoms with van der Waals surface area (Å²) in [6.45, 7) is 1.86. The Balaban J connectivity index is 1.29. The van der Waals surface area contributed by atoms with Gasteiger partial charge in [0, 0.05) is 49.4 Å². The van der Waals surface area contributed by atoms with Crippen LogP contribution in [0.15, 0.2) is 60.7 Å². The van der Waals surface area contributed by atoms with Gasteiger partial charge < -0.3 is 15.1 Å². The van der Waals surface area contributed by atoms with Gasteiger partial charge in [-0.3, -0.25) is 14.4 Å². The Kier molecular flexibility index (Phi) is 6.46. The summed E-state index contributed by atoms with van der Waals surface area (Å²) in [7, 11) is 0. The first kappa shape index (κ1) is 20.8. The summed E-state index contributed by atoms with van der Waals surface area (Å²) in [6, 6.07) is 17.2. The van der Waals surface area contributed by atoms with Crippen LogP contribution in [0.4, 0.5) is 11.4 Å². The van der Waals surface area contributed by atoms with Gasteiger partial charge in [0.05, 0.1) is 0 Å². The number of piperidine rings is 1. The van der Waals surface area contributed by atoms with E-state index in [-0.39, 0.29) is 23.6 Å². The molecule has 2 fully saturated rings. The highest BCUT2D eigenvalue weighted by atomic mass is 16.2. The van der Waals surface area contributed by atoms with Gasteiger partial charge in [-0.15, -0.1) is 0 Å². The fourth-order valence-corrected chi connectivity index (χ4v) is 4.12. The van der Waals surface area contributed by atoms with Gasteiger partial charge >= 0.3 is 0 Å². The van der Waals surface area contributed by atoms with Crippen molar-refractivity contribution < 1.29 is 14.4 Å². The third kappa shape index (κ3) is 5.20. The van der Waals surface area contributed by atoms with Gasteiger partial charge in [-0.2, -0.15) is 0 Å². The van der Waals surface area contributed by atoms with Crippen LogP contribution < -0.4 is 10.2 Å². The summed E-state index contributed by atoms with van der Waals surface area (Å²) in [6.07, 6.45) is 6.14. The molecule has 2 aliphatic rings. The topological polar surface area (TPSA) is 69.7 Å². The molecule has 3 amide bonds. The van der Waals surface area contributed by atoms with Gasteiger partial charge in [0.15, 0.2) is 0 Å². The van der Waals surface area contributed by atoms with Gasteiger partial charge in [-0.1, -0.05) is 36.4 Å². The molecule has 2 aliphatic heterocycles. The minimum atomic E-state index is -0.126. The van der Waals surface area contributed by atoms with Crippen molar-refractivity contribution in [1.82, 2.24) is 4.90 Å². The number of amides is 3. The zero-order valence-electron chi connectivity index (χ0n) is 17.5. The molecule has 2 heterocycles. The zero-order chi connectivity index (χ0) is 21.6. The summed E-state index contributed by atoms with van der Waals surface area (Å²) < 4.78 is 0. The van der Waals surface area contributed by atoms with Crippen LogP contribution in [0.25, 0.3) is 6.08 Å². The maximum absolute atomic E-state index is 12.7. The number of hydrogen-bond donors (Lipinski definition) is 1. The second kappa shape index (κ2) is 9.60. The average molecular weight is 418 g/mol. The van der Waals surface area contributed by atoms with Crippen LogP contribution in [-0.2, 0) is 14.4 Å². The average Bonchev–Trinajstić information content (AvgIpc) is 3.24. The number of rotatable bonds is 5. The summed E-state index contributed by atoms with van der Waals surface area (Å²) in [5.41, 5.74) is 2.51. The van der Waals surface area contributed by atoms with Gasteiger partial charge in [0.1, 0.15) is 0 Å². The van der Waals surface area contributed by atoms with E-state index in [1.54, 1.807) is 15.9 Å². The normalized spacial score (nSPS) is 17.4. The Labute approximate surface area is 182 Å². The molecular weight excluding hydrogens is 390 g/mol. The van der Waals surface area contributed by atoms with E-state index in [9.17, 15) is 14.4 Å². The molecule has 4 rings (SSSR count). The Morgan fingerprint density at radius 2 is 1.74 bits per heavy atom. The van der Waals surface area contributed by atoms with E-state index in [4.69, 9.17) is 0 Å². The van der Waals surface area contributed by atoms with Crippen molar-refractivity contribution in [2.24, 2.45) is 5.92 Å². The first-order chi connectivity index (χ1) is 15.1. The van der Waals surface area contributed by atoms with E-state index < -0.39 is 0 Å².